The minimum atomic E-state index is -1.45. The number of ether oxygens (including phenoxy) is 3. The average Bonchev–Trinajstić information content (AvgIpc) is 3.17. The Morgan fingerprint density at radius 3 is 2.34 bits per heavy atom. The standard InChI is InChI=1S/C22H24N2O5/c1-3-4-7-14-28-17-12-10-16(11-13-17)22(27-2)21-20(15-29-22)23(25)18-8-5-6-9-19(18)24(21)26/h5-6,8-13H,3-4,7,14-15H2,1-2H3. The summed E-state index contributed by atoms with van der Waals surface area (Å²) >= 11 is 0. The number of unbranched alkanes of at least 4 members (excludes halogenated alkanes) is 2. The Balaban J connectivity index is 1.73. The van der Waals surface area contributed by atoms with Gasteiger partial charge in [0, 0.05) is 24.8 Å². The Morgan fingerprint density at radius 2 is 1.69 bits per heavy atom. The maximum absolute atomic E-state index is 13.2. The van der Waals surface area contributed by atoms with Crippen molar-refractivity contribution in [3.05, 3.63) is 75.9 Å². The number of rotatable bonds is 7. The van der Waals surface area contributed by atoms with Crippen LogP contribution in [0, 0.1) is 10.4 Å². The average molecular weight is 396 g/mol. The summed E-state index contributed by atoms with van der Waals surface area (Å²) in [6, 6.07) is 13.9. The summed E-state index contributed by atoms with van der Waals surface area (Å²) in [4.78, 5) is 0. The van der Waals surface area contributed by atoms with Crippen molar-refractivity contribution in [3.8, 4) is 5.75 Å². The Kier molecular flexibility index (Phi) is 5.25. The van der Waals surface area contributed by atoms with Crippen molar-refractivity contribution in [1.29, 1.82) is 0 Å². The Labute approximate surface area is 169 Å². The fourth-order valence-corrected chi connectivity index (χ4v) is 3.78. The van der Waals surface area contributed by atoms with Crippen LogP contribution in [0.3, 0.4) is 0 Å². The van der Waals surface area contributed by atoms with E-state index in [9.17, 15) is 10.4 Å². The fourth-order valence-electron chi connectivity index (χ4n) is 3.78. The molecule has 2 heterocycles. The molecule has 0 radical (unpaired) electrons. The van der Waals surface area contributed by atoms with E-state index in [1.54, 1.807) is 36.4 Å². The Morgan fingerprint density at radius 1 is 1.00 bits per heavy atom. The number of hydrogen-bond acceptors (Lipinski definition) is 5. The summed E-state index contributed by atoms with van der Waals surface area (Å²) < 4.78 is 18.9. The van der Waals surface area contributed by atoms with Gasteiger partial charge in [-0.3, -0.25) is 0 Å². The van der Waals surface area contributed by atoms with Crippen molar-refractivity contribution in [3.63, 3.8) is 0 Å². The van der Waals surface area contributed by atoms with E-state index >= 15 is 0 Å². The molecule has 0 bridgehead atoms. The van der Waals surface area contributed by atoms with Crippen LogP contribution in [0.5, 0.6) is 5.75 Å². The summed E-state index contributed by atoms with van der Waals surface area (Å²) in [5.74, 6) is -0.713. The van der Waals surface area contributed by atoms with E-state index in [-0.39, 0.29) is 23.5 Å². The SMILES string of the molecule is CCCCCOc1ccc(C2(OC)OCc3c2[n+]([O-])c2ccccc2[n+]3[O-])cc1. The molecular formula is C22H24N2O5. The largest absolute Gasteiger partial charge is 0.618 e. The van der Waals surface area contributed by atoms with Gasteiger partial charge in [-0.2, -0.15) is 9.46 Å². The molecule has 29 heavy (non-hydrogen) atoms. The highest BCUT2D eigenvalue weighted by atomic mass is 16.7. The lowest BCUT2D eigenvalue weighted by Crippen LogP contribution is -2.49. The highest BCUT2D eigenvalue weighted by molar-refractivity contribution is 5.67. The quantitative estimate of drug-likeness (QED) is 0.348. The van der Waals surface area contributed by atoms with Crippen molar-refractivity contribution >= 4 is 11.0 Å². The number of benzene rings is 2. The third-order valence-corrected chi connectivity index (χ3v) is 5.30. The van der Waals surface area contributed by atoms with Gasteiger partial charge in [0.25, 0.3) is 22.5 Å². The molecule has 1 aromatic heterocycles. The van der Waals surface area contributed by atoms with Gasteiger partial charge in [0.05, 0.1) is 6.61 Å². The molecule has 0 N–H and O–H groups in total. The van der Waals surface area contributed by atoms with Crippen LogP contribution in [0.2, 0.25) is 0 Å². The van der Waals surface area contributed by atoms with Gasteiger partial charge in [-0.15, -0.1) is 0 Å². The number of aromatic nitrogens is 2. The molecule has 1 aliphatic rings. The highest BCUT2D eigenvalue weighted by Crippen LogP contribution is 2.40. The number of hydrogen-bond donors (Lipinski definition) is 0. The van der Waals surface area contributed by atoms with Crippen LogP contribution in [0.25, 0.3) is 11.0 Å². The zero-order valence-electron chi connectivity index (χ0n) is 16.6. The van der Waals surface area contributed by atoms with E-state index in [0.29, 0.717) is 17.7 Å². The third-order valence-electron chi connectivity index (χ3n) is 5.30. The minimum Gasteiger partial charge on any atom is -0.618 e. The molecule has 1 unspecified atom stereocenters. The van der Waals surface area contributed by atoms with Crippen molar-refractivity contribution in [2.24, 2.45) is 0 Å². The molecule has 0 amide bonds. The second-order valence-electron chi connectivity index (χ2n) is 7.06. The van der Waals surface area contributed by atoms with Crippen LogP contribution in [0.15, 0.2) is 48.5 Å². The summed E-state index contributed by atoms with van der Waals surface area (Å²) in [7, 11) is 1.47. The molecule has 4 rings (SSSR count). The zero-order valence-corrected chi connectivity index (χ0v) is 16.6. The van der Waals surface area contributed by atoms with Gasteiger partial charge in [-0.1, -0.05) is 31.9 Å². The van der Waals surface area contributed by atoms with Gasteiger partial charge in [-0.05, 0) is 30.7 Å². The van der Waals surface area contributed by atoms with Crippen LogP contribution in [0.1, 0.15) is 43.1 Å². The van der Waals surface area contributed by atoms with Crippen LogP contribution in [-0.4, -0.2) is 13.7 Å². The highest BCUT2D eigenvalue weighted by Gasteiger charge is 2.55. The smallest absolute Gasteiger partial charge is 0.329 e. The first-order valence-electron chi connectivity index (χ1n) is 9.82. The third kappa shape index (κ3) is 3.16. The van der Waals surface area contributed by atoms with Crippen molar-refractivity contribution in [1.82, 2.24) is 0 Å². The van der Waals surface area contributed by atoms with Crippen molar-refractivity contribution < 1.29 is 23.7 Å². The lowest BCUT2D eigenvalue weighted by molar-refractivity contribution is -0.643. The monoisotopic (exact) mass is 396 g/mol. The minimum absolute atomic E-state index is 0.0188. The van der Waals surface area contributed by atoms with Crippen LogP contribution >= 0.6 is 0 Å². The molecule has 0 saturated carbocycles. The Hall–Kier alpha value is -2.90. The van der Waals surface area contributed by atoms with Gasteiger partial charge in [-0.25, -0.2) is 0 Å². The first kappa shape index (κ1) is 19.4. The van der Waals surface area contributed by atoms with E-state index in [0.717, 1.165) is 34.5 Å². The van der Waals surface area contributed by atoms with E-state index in [4.69, 9.17) is 14.2 Å². The predicted octanol–water partition coefficient (Wildman–Crippen LogP) is 3.05. The molecule has 0 aliphatic carbocycles. The van der Waals surface area contributed by atoms with Crippen molar-refractivity contribution in [2.75, 3.05) is 13.7 Å². The molecule has 0 saturated heterocycles. The second-order valence-corrected chi connectivity index (χ2v) is 7.06. The first-order valence-corrected chi connectivity index (χ1v) is 9.82. The van der Waals surface area contributed by atoms with Gasteiger partial charge in [0.1, 0.15) is 12.4 Å². The van der Waals surface area contributed by atoms with Gasteiger partial charge in [0.2, 0.25) is 0 Å². The van der Waals surface area contributed by atoms with Gasteiger partial charge >= 0.3 is 5.69 Å². The number of fused-ring (bicyclic) bond motifs is 2. The summed E-state index contributed by atoms with van der Waals surface area (Å²) in [5, 5.41) is 26.0. The summed E-state index contributed by atoms with van der Waals surface area (Å²) in [6.07, 6.45) is 3.27. The lowest BCUT2D eigenvalue weighted by Gasteiger charge is -2.25. The maximum atomic E-state index is 13.2. The molecular weight excluding hydrogens is 372 g/mol. The summed E-state index contributed by atoms with van der Waals surface area (Å²) in [6.45, 7) is 2.79. The number of nitrogens with zero attached hydrogens (tertiary/aromatic N) is 2. The molecule has 1 aliphatic heterocycles. The van der Waals surface area contributed by atoms with Gasteiger partial charge < -0.3 is 24.6 Å². The topological polar surface area (TPSA) is 81.6 Å². The zero-order chi connectivity index (χ0) is 20.4. The molecule has 0 fully saturated rings. The van der Waals surface area contributed by atoms with Crippen LogP contribution in [0.4, 0.5) is 0 Å². The lowest BCUT2D eigenvalue weighted by atomic mass is 10.0. The maximum Gasteiger partial charge on any atom is 0.329 e. The molecule has 3 aromatic rings. The van der Waals surface area contributed by atoms with Gasteiger partial charge in [0.15, 0.2) is 0 Å². The number of para-hydroxylation sites is 2. The van der Waals surface area contributed by atoms with E-state index < -0.39 is 5.79 Å². The molecule has 152 valence electrons. The first-order chi connectivity index (χ1) is 14.1. The summed E-state index contributed by atoms with van der Waals surface area (Å²) in [5.41, 5.74) is 1.60. The Bertz CT molecular complexity index is 1020. The predicted molar refractivity (Wildman–Crippen MR) is 106 cm³/mol. The molecule has 1 atom stereocenters. The van der Waals surface area contributed by atoms with Crippen molar-refractivity contribution in [2.45, 2.75) is 38.6 Å². The normalized spacial score (nSPS) is 18.1. The van der Waals surface area contributed by atoms with E-state index in [2.05, 4.69) is 6.92 Å². The fraction of sp³-hybridized carbons (Fsp3) is 0.364. The van der Waals surface area contributed by atoms with Crippen LogP contribution in [-0.2, 0) is 21.9 Å². The molecule has 7 nitrogen and oxygen atoms in total. The van der Waals surface area contributed by atoms with E-state index in [1.807, 2.05) is 12.1 Å². The molecule has 2 aromatic carbocycles. The second kappa shape index (κ2) is 7.85. The van der Waals surface area contributed by atoms with E-state index in [1.165, 1.54) is 7.11 Å². The number of methoxy groups -OCH3 is 1. The van der Waals surface area contributed by atoms with Crippen LogP contribution < -0.4 is 14.2 Å². The molecule has 0 spiro atoms. The molecule has 7 heteroatoms.